The molecule has 4 amide bonds. The third kappa shape index (κ3) is 3.41. The van der Waals surface area contributed by atoms with E-state index in [9.17, 15) is 24.0 Å². The van der Waals surface area contributed by atoms with E-state index in [0.29, 0.717) is 11.4 Å². The number of carbonyl (C=O) groups excluding carboxylic acids is 5. The molecule has 188 valence electrons. The molecule has 2 heterocycles. The van der Waals surface area contributed by atoms with Crippen LogP contribution in [0.2, 0.25) is 0 Å². The molecule has 5 aliphatic rings. The molecule has 4 atom stereocenters. The first-order chi connectivity index (χ1) is 17.7. The minimum absolute atomic E-state index is 0.117. The lowest BCUT2D eigenvalue weighted by molar-refractivity contribution is -0.146. The summed E-state index contributed by atoms with van der Waals surface area (Å²) < 4.78 is 6.85. The van der Waals surface area contributed by atoms with Crippen LogP contribution in [-0.4, -0.2) is 36.2 Å². The summed E-state index contributed by atoms with van der Waals surface area (Å²) in [6.45, 7) is 1.79. The van der Waals surface area contributed by atoms with Gasteiger partial charge in [0.2, 0.25) is 23.6 Å². The van der Waals surface area contributed by atoms with Crippen LogP contribution in [0.3, 0.4) is 0 Å². The van der Waals surface area contributed by atoms with Crippen molar-refractivity contribution in [3.8, 4) is 0 Å². The lowest BCUT2D eigenvalue weighted by atomic mass is 9.52. The number of imide groups is 2. The van der Waals surface area contributed by atoms with Crippen LogP contribution in [0.4, 0.5) is 11.4 Å². The van der Waals surface area contributed by atoms with Gasteiger partial charge in [-0.3, -0.25) is 29.0 Å². The topological polar surface area (TPSA) is 101 Å². The lowest BCUT2D eigenvalue weighted by Gasteiger charge is -2.46. The molecule has 0 spiro atoms. The van der Waals surface area contributed by atoms with Gasteiger partial charge in [-0.15, -0.1) is 0 Å². The monoisotopic (exact) mass is 626 g/mol. The molecule has 2 saturated heterocycles. The zero-order valence-corrected chi connectivity index (χ0v) is 22.6. The number of ether oxygens (including phenoxy) is 1. The fourth-order valence-corrected chi connectivity index (χ4v) is 6.99. The third-order valence-electron chi connectivity index (χ3n) is 7.81. The van der Waals surface area contributed by atoms with E-state index in [-0.39, 0.29) is 12.2 Å². The third-order valence-corrected chi connectivity index (χ3v) is 8.87. The van der Waals surface area contributed by atoms with Crippen molar-refractivity contribution >= 4 is 72.8 Å². The first kappa shape index (κ1) is 24.2. The number of carbonyl (C=O) groups is 5. The average molecular weight is 628 g/mol. The number of hydrogen-bond donors (Lipinski definition) is 0. The number of esters is 1. The first-order valence-electron chi connectivity index (χ1n) is 11.9. The number of anilines is 2. The highest BCUT2D eigenvalue weighted by Crippen LogP contribution is 2.61. The van der Waals surface area contributed by atoms with Crippen LogP contribution in [0.25, 0.3) is 0 Å². The minimum atomic E-state index is -0.937. The van der Waals surface area contributed by atoms with Crippen LogP contribution >= 0.6 is 31.9 Å². The number of rotatable bonds is 4. The number of halogens is 2. The summed E-state index contributed by atoms with van der Waals surface area (Å²) in [7, 11) is 0. The van der Waals surface area contributed by atoms with E-state index in [4.69, 9.17) is 4.74 Å². The van der Waals surface area contributed by atoms with Gasteiger partial charge < -0.3 is 4.74 Å². The van der Waals surface area contributed by atoms with Gasteiger partial charge in [0.15, 0.2) is 0 Å². The highest BCUT2D eigenvalue weighted by atomic mass is 79.9. The van der Waals surface area contributed by atoms with Gasteiger partial charge in [-0.25, -0.2) is 4.79 Å². The molecule has 7 rings (SSSR count). The summed E-state index contributed by atoms with van der Waals surface area (Å²) in [6.07, 6.45) is 1.61. The molecule has 2 bridgehead atoms. The molecule has 2 aromatic rings. The minimum Gasteiger partial charge on any atom is -0.463 e. The SMILES string of the molecule is CCOC(=O)C1=CC2[C@H]3C(=O)N(c4ccc(Br)cc4)C(=O)[C@@H]3C1[C@H]1C(=O)N(c3ccc(Br)cc3)C(=O)[C@H]21. The number of nitrogens with zero attached hydrogens (tertiary/aromatic N) is 2. The molecular formula is C27H20Br2N2O6. The Balaban J connectivity index is 1.46. The maximum absolute atomic E-state index is 13.8. The summed E-state index contributed by atoms with van der Waals surface area (Å²) in [5, 5.41) is 0. The zero-order valence-electron chi connectivity index (χ0n) is 19.5. The summed E-state index contributed by atoms with van der Waals surface area (Å²) in [6, 6.07) is 13.5. The van der Waals surface area contributed by atoms with Gasteiger partial charge in [0.25, 0.3) is 0 Å². The predicted molar refractivity (Wildman–Crippen MR) is 139 cm³/mol. The normalized spacial score (nSPS) is 30.0. The van der Waals surface area contributed by atoms with Gasteiger partial charge in [0.05, 0.1) is 41.7 Å². The van der Waals surface area contributed by atoms with Gasteiger partial charge in [0.1, 0.15) is 0 Å². The van der Waals surface area contributed by atoms with Crippen LogP contribution in [-0.2, 0) is 28.7 Å². The van der Waals surface area contributed by atoms with Crippen LogP contribution in [0.1, 0.15) is 6.92 Å². The molecule has 0 unspecified atom stereocenters. The molecule has 10 heteroatoms. The standard InChI is InChI=1S/C27H20Br2N2O6/c1-2-37-27(36)17-11-16-19-21(25(34)30(23(19)32)14-7-3-12(28)4-8-14)18(17)22-20(16)24(33)31(26(22)35)15-9-5-13(29)6-10-15/h3-11,16,18-22H,2H2,1H3/t16?,18?,19-,20-,21-,22-/m1/s1. The zero-order chi connectivity index (χ0) is 26.2. The van der Waals surface area contributed by atoms with E-state index in [1.165, 1.54) is 0 Å². The molecule has 3 aliphatic carbocycles. The highest BCUT2D eigenvalue weighted by Gasteiger charge is 2.71. The second-order valence-corrected chi connectivity index (χ2v) is 11.4. The maximum Gasteiger partial charge on any atom is 0.334 e. The summed E-state index contributed by atoms with van der Waals surface area (Å²) in [5.41, 5.74) is 1.01. The molecule has 0 aromatic heterocycles. The number of hydrogen-bond acceptors (Lipinski definition) is 6. The summed E-state index contributed by atoms with van der Waals surface area (Å²) >= 11 is 6.71. The predicted octanol–water partition coefficient (Wildman–Crippen LogP) is 3.87. The van der Waals surface area contributed by atoms with Crippen LogP contribution in [0.15, 0.2) is 69.1 Å². The first-order valence-corrected chi connectivity index (χ1v) is 13.5. The molecule has 37 heavy (non-hydrogen) atoms. The van der Waals surface area contributed by atoms with Crippen LogP contribution in [0, 0.1) is 35.5 Å². The van der Waals surface area contributed by atoms with Gasteiger partial charge in [-0.05, 0) is 55.5 Å². The Morgan fingerprint density at radius 3 is 1.51 bits per heavy atom. The second-order valence-electron chi connectivity index (χ2n) is 9.53. The summed E-state index contributed by atoms with van der Waals surface area (Å²) in [4.78, 5) is 70.3. The molecule has 0 N–H and O–H groups in total. The van der Waals surface area contributed by atoms with Gasteiger partial charge in [-0.1, -0.05) is 37.9 Å². The van der Waals surface area contributed by atoms with Crippen molar-refractivity contribution in [2.75, 3.05) is 16.4 Å². The Morgan fingerprint density at radius 2 is 1.11 bits per heavy atom. The Labute approximate surface area is 228 Å². The smallest absolute Gasteiger partial charge is 0.334 e. The molecule has 8 nitrogen and oxygen atoms in total. The second kappa shape index (κ2) is 8.73. The fraction of sp³-hybridized carbons (Fsp3) is 0.296. The van der Waals surface area contributed by atoms with Crippen LogP contribution < -0.4 is 9.80 Å². The van der Waals surface area contributed by atoms with Gasteiger partial charge in [-0.2, -0.15) is 0 Å². The fourth-order valence-electron chi connectivity index (χ4n) is 6.46. The van der Waals surface area contributed by atoms with Crippen molar-refractivity contribution in [2.45, 2.75) is 6.92 Å². The largest absolute Gasteiger partial charge is 0.463 e. The van der Waals surface area contributed by atoms with E-state index >= 15 is 0 Å². The summed E-state index contributed by atoms with van der Waals surface area (Å²) in [5.74, 6) is -7.70. The Kier molecular flexibility index (Phi) is 5.72. The van der Waals surface area contributed by atoms with Crippen molar-refractivity contribution in [3.63, 3.8) is 0 Å². The van der Waals surface area contributed by atoms with E-state index < -0.39 is 65.1 Å². The van der Waals surface area contributed by atoms with E-state index in [0.717, 1.165) is 18.7 Å². The van der Waals surface area contributed by atoms with E-state index in [1.807, 2.05) is 0 Å². The van der Waals surface area contributed by atoms with Crippen molar-refractivity contribution in [3.05, 3.63) is 69.1 Å². The Morgan fingerprint density at radius 1 is 0.703 bits per heavy atom. The molecule has 2 aliphatic heterocycles. The molecule has 0 radical (unpaired) electrons. The van der Waals surface area contributed by atoms with Crippen molar-refractivity contribution in [2.24, 2.45) is 35.5 Å². The quantitative estimate of drug-likeness (QED) is 0.377. The van der Waals surface area contributed by atoms with Crippen molar-refractivity contribution in [1.82, 2.24) is 0 Å². The average Bonchev–Trinajstić information content (AvgIpc) is 3.32. The van der Waals surface area contributed by atoms with Crippen molar-refractivity contribution in [1.29, 1.82) is 0 Å². The van der Waals surface area contributed by atoms with Gasteiger partial charge >= 0.3 is 5.97 Å². The number of allylic oxidation sites excluding steroid dienone is 1. The highest BCUT2D eigenvalue weighted by molar-refractivity contribution is 9.10. The van der Waals surface area contributed by atoms with Crippen molar-refractivity contribution < 1.29 is 28.7 Å². The maximum atomic E-state index is 13.8. The molecule has 1 saturated carbocycles. The van der Waals surface area contributed by atoms with Crippen LogP contribution in [0.5, 0.6) is 0 Å². The number of benzene rings is 2. The molecule has 2 aromatic carbocycles. The van der Waals surface area contributed by atoms with E-state index in [2.05, 4.69) is 31.9 Å². The van der Waals surface area contributed by atoms with Gasteiger partial charge in [0, 0.05) is 26.4 Å². The molecule has 3 fully saturated rings. The number of amides is 4. The lowest BCUT2D eigenvalue weighted by Crippen LogP contribution is -2.53. The Hall–Kier alpha value is -3.11. The van der Waals surface area contributed by atoms with E-state index in [1.54, 1.807) is 61.5 Å². The molecular weight excluding hydrogens is 608 g/mol. The Bertz CT molecular complexity index is 1310.